The van der Waals surface area contributed by atoms with Crippen LogP contribution in [0, 0.1) is 11.8 Å². The van der Waals surface area contributed by atoms with Crippen LogP contribution in [0.5, 0.6) is 0 Å². The molecule has 0 radical (unpaired) electrons. The molecule has 0 spiro atoms. The molecule has 0 saturated carbocycles. The fraction of sp³-hybridized carbons (Fsp3) is 0.0741. The van der Waals surface area contributed by atoms with Crippen LogP contribution in [0.15, 0.2) is 216 Å². The molecular weight excluding hydrogens is 679 g/mol. The van der Waals surface area contributed by atoms with Crippen LogP contribution in [0.25, 0.3) is 60.5 Å². The molecule has 0 saturated heterocycles. The Morgan fingerprint density at radius 2 is 1.21 bits per heavy atom. The van der Waals surface area contributed by atoms with Crippen molar-refractivity contribution < 1.29 is 4.42 Å². The molecule has 7 aromatic carbocycles. The van der Waals surface area contributed by atoms with Crippen molar-refractivity contribution in [2.45, 2.75) is 12.8 Å². The van der Waals surface area contributed by atoms with E-state index in [1.54, 1.807) is 0 Å². The van der Waals surface area contributed by atoms with Gasteiger partial charge in [0.05, 0.1) is 0 Å². The second-order valence-corrected chi connectivity index (χ2v) is 15.1. The summed E-state index contributed by atoms with van der Waals surface area (Å²) in [7, 11) is 0. The number of nitrogens with zero attached hydrogens (tertiary/aromatic N) is 1. The van der Waals surface area contributed by atoms with E-state index in [4.69, 9.17) is 4.42 Å². The highest BCUT2D eigenvalue weighted by atomic mass is 16.3. The number of hydrogen-bond acceptors (Lipinski definition) is 2. The maximum Gasteiger partial charge on any atom is 0.136 e. The van der Waals surface area contributed by atoms with Crippen molar-refractivity contribution in [2.75, 3.05) is 4.90 Å². The van der Waals surface area contributed by atoms with Gasteiger partial charge < -0.3 is 9.32 Å². The minimum atomic E-state index is 0.389. The molecule has 2 heteroatoms. The highest BCUT2D eigenvalue weighted by Gasteiger charge is 2.30. The molecule has 0 aliphatic heterocycles. The van der Waals surface area contributed by atoms with Crippen molar-refractivity contribution in [3.8, 4) is 22.3 Å². The van der Waals surface area contributed by atoms with Gasteiger partial charge in [0.1, 0.15) is 11.2 Å². The molecule has 2 unspecified atom stereocenters. The maximum absolute atomic E-state index is 6.24. The predicted molar refractivity (Wildman–Crippen MR) is 235 cm³/mol. The number of para-hydroxylation sites is 1. The van der Waals surface area contributed by atoms with Gasteiger partial charge in [0.25, 0.3) is 0 Å². The Morgan fingerprint density at radius 3 is 2.07 bits per heavy atom. The number of benzene rings is 7. The van der Waals surface area contributed by atoms with E-state index in [0.717, 1.165) is 46.5 Å². The highest BCUT2D eigenvalue weighted by molar-refractivity contribution is 6.19. The standard InChI is InChI=1S/C54H39NO/c1-2-11-36(12-3-1)40-14-10-15-45(33-40)55(44-30-25-38(26-31-44)50-35-42-13-4-5-16-46(42)47-17-6-7-18-48(47)50)43-28-23-37(24-29-43)41-22-21-39-27-32-53-54(51(39)34-41)49-19-8-9-20-52(49)56-53/h1-6,8-17,19-35,42,46H,7,18H2. The molecule has 1 heterocycles. The van der Waals surface area contributed by atoms with E-state index in [2.05, 4.69) is 199 Å². The Bertz CT molecular complexity index is 2950. The van der Waals surface area contributed by atoms with Crippen molar-refractivity contribution in [3.63, 3.8) is 0 Å². The van der Waals surface area contributed by atoms with Crippen LogP contribution >= 0.6 is 0 Å². The molecule has 0 fully saturated rings. The number of furan rings is 1. The Hall–Kier alpha value is -6.90. The van der Waals surface area contributed by atoms with Gasteiger partial charge in [0.2, 0.25) is 0 Å². The molecule has 2 nitrogen and oxygen atoms in total. The van der Waals surface area contributed by atoms with Crippen LogP contribution in [0.3, 0.4) is 0 Å². The molecule has 0 amide bonds. The number of allylic oxidation sites excluding steroid dienone is 10. The van der Waals surface area contributed by atoms with E-state index >= 15 is 0 Å². The van der Waals surface area contributed by atoms with Gasteiger partial charge in [-0.1, -0.05) is 146 Å². The lowest BCUT2D eigenvalue weighted by atomic mass is 9.70. The van der Waals surface area contributed by atoms with Gasteiger partial charge in [-0.2, -0.15) is 0 Å². The first kappa shape index (κ1) is 32.5. The first-order valence-corrected chi connectivity index (χ1v) is 19.7. The van der Waals surface area contributed by atoms with Crippen LogP contribution in [0.1, 0.15) is 18.4 Å². The smallest absolute Gasteiger partial charge is 0.136 e. The zero-order valence-electron chi connectivity index (χ0n) is 31.0. The average molecular weight is 718 g/mol. The molecule has 266 valence electrons. The molecule has 3 aliphatic rings. The largest absolute Gasteiger partial charge is 0.456 e. The summed E-state index contributed by atoms with van der Waals surface area (Å²) in [5, 5.41) is 4.74. The quantitative estimate of drug-likeness (QED) is 0.170. The third kappa shape index (κ3) is 5.57. The molecule has 0 N–H and O–H groups in total. The molecule has 1 aromatic heterocycles. The van der Waals surface area contributed by atoms with Gasteiger partial charge >= 0.3 is 0 Å². The molecule has 0 bridgehead atoms. The summed E-state index contributed by atoms with van der Waals surface area (Å²) >= 11 is 0. The minimum Gasteiger partial charge on any atom is -0.456 e. The zero-order valence-corrected chi connectivity index (χ0v) is 31.0. The predicted octanol–water partition coefficient (Wildman–Crippen LogP) is 14.9. The van der Waals surface area contributed by atoms with E-state index in [1.165, 1.54) is 60.7 Å². The fourth-order valence-corrected chi connectivity index (χ4v) is 9.16. The first-order valence-electron chi connectivity index (χ1n) is 19.7. The van der Waals surface area contributed by atoms with E-state index in [0.29, 0.717) is 11.8 Å². The number of anilines is 3. The van der Waals surface area contributed by atoms with Gasteiger partial charge in [-0.15, -0.1) is 0 Å². The molecule has 8 aromatic rings. The summed E-state index contributed by atoms with van der Waals surface area (Å²) < 4.78 is 6.24. The maximum atomic E-state index is 6.24. The minimum absolute atomic E-state index is 0.389. The Balaban J connectivity index is 0.990. The normalized spacial score (nSPS) is 17.3. The molecule has 2 atom stereocenters. The molecule has 3 aliphatic carbocycles. The van der Waals surface area contributed by atoms with Crippen molar-refractivity contribution >= 4 is 55.3 Å². The van der Waals surface area contributed by atoms with Crippen LogP contribution in [-0.4, -0.2) is 0 Å². The van der Waals surface area contributed by atoms with E-state index in [1.807, 2.05) is 6.07 Å². The lowest BCUT2D eigenvalue weighted by Crippen LogP contribution is -2.20. The van der Waals surface area contributed by atoms with Crippen LogP contribution in [0.4, 0.5) is 17.1 Å². The van der Waals surface area contributed by atoms with Gasteiger partial charge in [0, 0.05) is 39.7 Å². The number of fused-ring (bicyclic) bond motifs is 7. The number of hydrogen-bond donors (Lipinski definition) is 0. The van der Waals surface area contributed by atoms with E-state index in [-0.39, 0.29) is 0 Å². The lowest BCUT2D eigenvalue weighted by molar-refractivity contribution is 0.623. The van der Waals surface area contributed by atoms with E-state index < -0.39 is 0 Å². The Labute approximate surface area is 327 Å². The van der Waals surface area contributed by atoms with Crippen LogP contribution in [0.2, 0.25) is 0 Å². The summed E-state index contributed by atoms with van der Waals surface area (Å²) in [6.45, 7) is 0. The average Bonchev–Trinajstić information content (AvgIpc) is 3.66. The second kappa shape index (κ2) is 13.4. The van der Waals surface area contributed by atoms with Gasteiger partial charge in [-0.3, -0.25) is 0 Å². The summed E-state index contributed by atoms with van der Waals surface area (Å²) in [5.41, 5.74) is 15.6. The first-order chi connectivity index (χ1) is 27.7. The summed E-state index contributed by atoms with van der Waals surface area (Å²) in [4.78, 5) is 2.38. The summed E-state index contributed by atoms with van der Waals surface area (Å²) in [6.07, 6.45) is 18.5. The van der Waals surface area contributed by atoms with Gasteiger partial charge in [-0.05, 0) is 123 Å². The van der Waals surface area contributed by atoms with E-state index in [9.17, 15) is 0 Å². The number of rotatable bonds is 6. The third-order valence-electron chi connectivity index (χ3n) is 11.9. The topological polar surface area (TPSA) is 16.4 Å². The molecule has 11 rings (SSSR count). The third-order valence-corrected chi connectivity index (χ3v) is 11.9. The van der Waals surface area contributed by atoms with Crippen molar-refractivity contribution in [1.82, 2.24) is 0 Å². The van der Waals surface area contributed by atoms with Crippen LogP contribution < -0.4 is 4.90 Å². The zero-order chi connectivity index (χ0) is 37.0. The van der Waals surface area contributed by atoms with Crippen LogP contribution in [-0.2, 0) is 0 Å². The summed E-state index contributed by atoms with van der Waals surface area (Å²) in [5.74, 6) is 0.825. The van der Waals surface area contributed by atoms with Gasteiger partial charge in [0.15, 0.2) is 0 Å². The van der Waals surface area contributed by atoms with Crippen molar-refractivity contribution in [3.05, 3.63) is 217 Å². The second-order valence-electron chi connectivity index (χ2n) is 15.1. The molecule has 56 heavy (non-hydrogen) atoms. The lowest BCUT2D eigenvalue weighted by Gasteiger charge is -2.34. The summed E-state index contributed by atoms with van der Waals surface area (Å²) in [6, 6.07) is 57.2. The molecular formula is C54H39NO. The van der Waals surface area contributed by atoms with Gasteiger partial charge in [-0.25, -0.2) is 0 Å². The Kier molecular flexibility index (Phi) is 7.81. The monoisotopic (exact) mass is 717 g/mol. The SMILES string of the molecule is C1=CC2C=C(c3ccc(N(c4ccc(-c5ccc6ccc7oc8ccccc8c7c6c5)cc4)c4cccc(-c5ccccc5)c4)cc3)C3=C(C=CCC3)C2C=C1. The highest BCUT2D eigenvalue weighted by Crippen LogP contribution is 2.46. The van der Waals surface area contributed by atoms with Crippen molar-refractivity contribution in [1.29, 1.82) is 0 Å². The Morgan fingerprint density at radius 1 is 0.518 bits per heavy atom. The van der Waals surface area contributed by atoms with Crippen molar-refractivity contribution in [2.24, 2.45) is 11.8 Å². The fourth-order valence-electron chi connectivity index (χ4n) is 9.16.